The van der Waals surface area contributed by atoms with Gasteiger partial charge in [-0.05, 0) is 24.7 Å². The lowest BCUT2D eigenvalue weighted by Crippen LogP contribution is -2.46. The third kappa shape index (κ3) is 3.07. The van der Waals surface area contributed by atoms with E-state index in [1.54, 1.807) is 22.0 Å². The summed E-state index contributed by atoms with van der Waals surface area (Å²) in [5.74, 6) is 0. The second kappa shape index (κ2) is 5.61. The highest BCUT2D eigenvalue weighted by atomic mass is 16.3. The fraction of sp³-hybridized carbons (Fsp3) is 0.692. The molecule has 6 nitrogen and oxygen atoms in total. The molecule has 0 aromatic carbocycles. The van der Waals surface area contributed by atoms with Crippen LogP contribution >= 0.6 is 0 Å². The van der Waals surface area contributed by atoms with Gasteiger partial charge in [0.2, 0.25) is 0 Å². The Morgan fingerprint density at radius 3 is 2.68 bits per heavy atom. The highest BCUT2D eigenvalue weighted by Gasteiger charge is 2.33. The van der Waals surface area contributed by atoms with Crippen molar-refractivity contribution in [2.75, 3.05) is 25.0 Å². The van der Waals surface area contributed by atoms with Crippen LogP contribution in [0, 0.1) is 5.41 Å². The topological polar surface area (TPSA) is 70.4 Å². The van der Waals surface area contributed by atoms with Crippen molar-refractivity contribution in [2.45, 2.75) is 26.2 Å². The fourth-order valence-electron chi connectivity index (χ4n) is 2.50. The van der Waals surface area contributed by atoms with Crippen LogP contribution in [0.5, 0.6) is 0 Å². The number of urea groups is 1. The molecule has 1 aliphatic heterocycles. The number of anilines is 1. The summed E-state index contributed by atoms with van der Waals surface area (Å²) in [5, 5.41) is 16.3. The summed E-state index contributed by atoms with van der Waals surface area (Å²) in [6.07, 6.45) is 6.08. The second-order valence-corrected chi connectivity index (χ2v) is 5.33. The Labute approximate surface area is 113 Å². The third-order valence-electron chi connectivity index (χ3n) is 4.15. The van der Waals surface area contributed by atoms with Gasteiger partial charge in [0.05, 0.1) is 11.9 Å². The van der Waals surface area contributed by atoms with E-state index in [9.17, 15) is 9.90 Å². The Morgan fingerprint density at radius 2 is 2.21 bits per heavy atom. The maximum atomic E-state index is 12.1. The average molecular weight is 266 g/mol. The first-order chi connectivity index (χ1) is 9.08. The molecule has 2 heterocycles. The number of rotatable bonds is 3. The van der Waals surface area contributed by atoms with Gasteiger partial charge in [-0.25, -0.2) is 4.79 Å². The number of carbonyl (C=O) groups is 1. The largest absolute Gasteiger partial charge is 0.396 e. The predicted molar refractivity (Wildman–Crippen MR) is 72.8 cm³/mol. The van der Waals surface area contributed by atoms with Gasteiger partial charge in [-0.3, -0.25) is 4.68 Å². The van der Waals surface area contributed by atoms with E-state index in [0.717, 1.165) is 19.3 Å². The lowest BCUT2D eigenvalue weighted by Gasteiger charge is -2.40. The first-order valence-corrected chi connectivity index (χ1v) is 6.74. The molecular formula is C13H22N4O2. The number of aliphatic hydroxyl groups excluding tert-OH is 1. The van der Waals surface area contributed by atoms with Gasteiger partial charge in [0, 0.05) is 32.9 Å². The number of hydrogen-bond acceptors (Lipinski definition) is 3. The molecule has 2 amide bonds. The number of aromatic nitrogens is 2. The number of nitrogens with one attached hydrogen (secondary N) is 1. The first-order valence-electron chi connectivity index (χ1n) is 6.74. The van der Waals surface area contributed by atoms with Crippen molar-refractivity contribution in [3.63, 3.8) is 0 Å². The van der Waals surface area contributed by atoms with Gasteiger partial charge in [0.15, 0.2) is 0 Å². The van der Waals surface area contributed by atoms with Crippen molar-refractivity contribution in [3.05, 3.63) is 12.4 Å². The van der Waals surface area contributed by atoms with Crippen LogP contribution < -0.4 is 5.32 Å². The van der Waals surface area contributed by atoms with Gasteiger partial charge in [0.25, 0.3) is 0 Å². The van der Waals surface area contributed by atoms with E-state index in [2.05, 4.69) is 17.3 Å². The predicted octanol–water partition coefficient (Wildman–Crippen LogP) is 1.44. The quantitative estimate of drug-likeness (QED) is 0.869. The Morgan fingerprint density at radius 1 is 1.53 bits per heavy atom. The van der Waals surface area contributed by atoms with Gasteiger partial charge < -0.3 is 15.3 Å². The van der Waals surface area contributed by atoms with Gasteiger partial charge in [-0.2, -0.15) is 5.10 Å². The Balaban J connectivity index is 1.89. The van der Waals surface area contributed by atoms with E-state index in [1.807, 2.05) is 7.05 Å². The highest BCUT2D eigenvalue weighted by molar-refractivity contribution is 5.89. The molecule has 1 saturated heterocycles. The molecule has 19 heavy (non-hydrogen) atoms. The van der Waals surface area contributed by atoms with Crippen molar-refractivity contribution in [3.8, 4) is 0 Å². The minimum absolute atomic E-state index is 0.00504. The number of hydrogen-bond donors (Lipinski definition) is 2. The number of carbonyl (C=O) groups excluding carboxylic acids is 1. The van der Waals surface area contributed by atoms with Gasteiger partial charge in [-0.15, -0.1) is 0 Å². The molecular weight excluding hydrogens is 244 g/mol. The minimum Gasteiger partial charge on any atom is -0.396 e. The molecule has 0 aliphatic carbocycles. The Kier molecular flexibility index (Phi) is 4.09. The molecule has 2 rings (SSSR count). The van der Waals surface area contributed by atoms with Crippen LogP contribution in [0.4, 0.5) is 10.5 Å². The monoisotopic (exact) mass is 266 g/mol. The van der Waals surface area contributed by atoms with E-state index in [-0.39, 0.29) is 18.1 Å². The van der Waals surface area contributed by atoms with Gasteiger partial charge in [-0.1, -0.05) is 6.92 Å². The molecule has 1 fully saturated rings. The van der Waals surface area contributed by atoms with Crippen molar-refractivity contribution in [1.29, 1.82) is 0 Å². The van der Waals surface area contributed by atoms with Crippen molar-refractivity contribution >= 4 is 11.7 Å². The van der Waals surface area contributed by atoms with Crippen LogP contribution in [-0.4, -0.2) is 45.5 Å². The Hall–Kier alpha value is -1.56. The third-order valence-corrected chi connectivity index (χ3v) is 4.15. The zero-order chi connectivity index (χ0) is 13.9. The highest BCUT2D eigenvalue weighted by Crippen LogP contribution is 2.34. The van der Waals surface area contributed by atoms with Crippen molar-refractivity contribution in [2.24, 2.45) is 12.5 Å². The SMILES string of the molecule is CCC1(CO)CCN(C(=O)Nc2cnn(C)c2)CC1. The maximum absolute atomic E-state index is 12.1. The molecule has 0 atom stereocenters. The molecule has 0 bridgehead atoms. The standard InChI is InChI=1S/C13H22N4O2/c1-3-13(10-18)4-6-17(7-5-13)12(19)15-11-8-14-16(2)9-11/h8-9,18H,3-7,10H2,1-2H3,(H,15,19). The molecule has 6 heteroatoms. The summed E-state index contributed by atoms with van der Waals surface area (Å²) < 4.78 is 1.65. The van der Waals surface area contributed by atoms with Gasteiger partial charge >= 0.3 is 6.03 Å². The summed E-state index contributed by atoms with van der Waals surface area (Å²) in [4.78, 5) is 13.9. The number of likely N-dealkylation sites (tertiary alicyclic amines) is 1. The lowest BCUT2D eigenvalue weighted by atomic mass is 9.77. The molecule has 1 aliphatic rings. The summed E-state index contributed by atoms with van der Waals surface area (Å²) in [7, 11) is 1.81. The second-order valence-electron chi connectivity index (χ2n) is 5.33. The summed E-state index contributed by atoms with van der Waals surface area (Å²) in [6, 6.07) is -0.0874. The van der Waals surface area contributed by atoms with Crippen LogP contribution in [0.15, 0.2) is 12.4 Å². The molecule has 0 unspecified atom stereocenters. The molecule has 0 radical (unpaired) electrons. The zero-order valence-electron chi connectivity index (χ0n) is 11.6. The number of amides is 2. The molecule has 2 N–H and O–H groups in total. The molecule has 0 saturated carbocycles. The number of piperidine rings is 1. The van der Waals surface area contributed by atoms with Crippen LogP contribution in [-0.2, 0) is 7.05 Å². The number of aryl methyl sites for hydroxylation is 1. The summed E-state index contributed by atoms with van der Waals surface area (Å²) in [6.45, 7) is 3.70. The van der Waals surface area contributed by atoms with Crippen LogP contribution in [0.2, 0.25) is 0 Å². The van der Waals surface area contributed by atoms with E-state index < -0.39 is 0 Å². The van der Waals surface area contributed by atoms with Crippen LogP contribution in [0.3, 0.4) is 0 Å². The minimum atomic E-state index is -0.0874. The van der Waals surface area contributed by atoms with Crippen LogP contribution in [0.1, 0.15) is 26.2 Å². The van der Waals surface area contributed by atoms with Crippen LogP contribution in [0.25, 0.3) is 0 Å². The first kappa shape index (κ1) is 13.9. The van der Waals surface area contributed by atoms with E-state index in [1.165, 1.54) is 0 Å². The fourth-order valence-corrected chi connectivity index (χ4v) is 2.50. The smallest absolute Gasteiger partial charge is 0.321 e. The average Bonchev–Trinajstić information content (AvgIpc) is 2.84. The number of aliphatic hydroxyl groups is 1. The van der Waals surface area contributed by atoms with E-state index in [4.69, 9.17) is 0 Å². The molecule has 1 aromatic heterocycles. The normalized spacial score (nSPS) is 18.4. The summed E-state index contributed by atoms with van der Waals surface area (Å²) >= 11 is 0. The molecule has 106 valence electrons. The zero-order valence-corrected chi connectivity index (χ0v) is 11.6. The van der Waals surface area contributed by atoms with Crippen molar-refractivity contribution in [1.82, 2.24) is 14.7 Å². The van der Waals surface area contributed by atoms with Crippen molar-refractivity contribution < 1.29 is 9.90 Å². The maximum Gasteiger partial charge on any atom is 0.321 e. The summed E-state index contributed by atoms with van der Waals surface area (Å²) in [5.41, 5.74) is 0.715. The van der Waals surface area contributed by atoms with E-state index in [0.29, 0.717) is 18.8 Å². The Bertz CT molecular complexity index is 430. The molecule has 1 aromatic rings. The van der Waals surface area contributed by atoms with Gasteiger partial charge in [0.1, 0.15) is 0 Å². The number of nitrogens with zero attached hydrogens (tertiary/aromatic N) is 3. The van der Waals surface area contributed by atoms with E-state index >= 15 is 0 Å². The molecule has 0 spiro atoms. The lowest BCUT2D eigenvalue weighted by molar-refractivity contribution is 0.0542.